The van der Waals surface area contributed by atoms with Crippen molar-refractivity contribution in [2.45, 2.75) is 20.0 Å². The third kappa shape index (κ3) is 3.84. The summed E-state index contributed by atoms with van der Waals surface area (Å²) in [7, 11) is 0. The summed E-state index contributed by atoms with van der Waals surface area (Å²) in [5.74, 6) is 0. The summed E-state index contributed by atoms with van der Waals surface area (Å²) >= 11 is 1.62. The van der Waals surface area contributed by atoms with Crippen LogP contribution in [0.3, 0.4) is 0 Å². The first-order chi connectivity index (χ1) is 9.19. The second-order valence-electron chi connectivity index (χ2n) is 4.16. The van der Waals surface area contributed by atoms with Gasteiger partial charge in [-0.25, -0.2) is 4.98 Å². The number of hydrogen-bond donors (Lipinski definition) is 0. The van der Waals surface area contributed by atoms with E-state index in [1.54, 1.807) is 29.7 Å². The molecule has 0 spiro atoms. The van der Waals surface area contributed by atoms with Crippen molar-refractivity contribution in [1.29, 1.82) is 0 Å². The highest BCUT2D eigenvalue weighted by molar-refractivity contribution is 7.09. The lowest BCUT2D eigenvalue weighted by Gasteiger charge is -2.18. The van der Waals surface area contributed by atoms with Gasteiger partial charge in [-0.05, 0) is 12.1 Å². The van der Waals surface area contributed by atoms with Gasteiger partial charge in [0.1, 0.15) is 5.01 Å². The van der Waals surface area contributed by atoms with Crippen molar-refractivity contribution in [3.63, 3.8) is 0 Å². The summed E-state index contributed by atoms with van der Waals surface area (Å²) in [5, 5.41) is 13.8. The van der Waals surface area contributed by atoms with Crippen molar-refractivity contribution < 1.29 is 4.92 Å². The number of thiazole rings is 1. The highest BCUT2D eigenvalue weighted by Crippen LogP contribution is 2.16. The van der Waals surface area contributed by atoms with Crippen LogP contribution in [0.25, 0.3) is 0 Å². The molecule has 0 aliphatic heterocycles. The van der Waals surface area contributed by atoms with Gasteiger partial charge in [-0.15, -0.1) is 11.3 Å². The van der Waals surface area contributed by atoms with Gasteiger partial charge in [0, 0.05) is 30.3 Å². The Balaban J connectivity index is 2.05. The second-order valence-corrected chi connectivity index (χ2v) is 5.14. The molecule has 0 saturated carbocycles. The van der Waals surface area contributed by atoms with Crippen LogP contribution in [0.5, 0.6) is 0 Å². The standard InChI is InChI=1S/C13H15N3O2S/c1-2-15(10-13-14-6-7-19-13)9-11-4-3-5-12(8-11)16(17)18/h3-8H,2,9-10H2,1H3. The van der Waals surface area contributed by atoms with E-state index in [1.807, 2.05) is 11.4 Å². The van der Waals surface area contributed by atoms with Gasteiger partial charge in [0.15, 0.2) is 0 Å². The van der Waals surface area contributed by atoms with E-state index in [0.29, 0.717) is 6.54 Å². The van der Waals surface area contributed by atoms with Crippen LogP contribution in [0.15, 0.2) is 35.8 Å². The lowest BCUT2D eigenvalue weighted by atomic mass is 10.2. The SMILES string of the molecule is CCN(Cc1cccc([N+](=O)[O-])c1)Cc1nccs1. The Morgan fingerprint density at radius 1 is 1.42 bits per heavy atom. The van der Waals surface area contributed by atoms with Crippen LogP contribution < -0.4 is 0 Å². The number of aromatic nitrogens is 1. The van der Waals surface area contributed by atoms with Crippen LogP contribution >= 0.6 is 11.3 Å². The molecule has 100 valence electrons. The van der Waals surface area contributed by atoms with Crippen molar-refractivity contribution in [2.75, 3.05) is 6.54 Å². The van der Waals surface area contributed by atoms with Gasteiger partial charge in [-0.2, -0.15) is 0 Å². The van der Waals surface area contributed by atoms with Crippen molar-refractivity contribution in [1.82, 2.24) is 9.88 Å². The number of nitrogens with zero attached hydrogens (tertiary/aromatic N) is 3. The van der Waals surface area contributed by atoms with Crippen molar-refractivity contribution >= 4 is 17.0 Å². The van der Waals surface area contributed by atoms with Gasteiger partial charge >= 0.3 is 0 Å². The molecule has 1 heterocycles. The Labute approximate surface area is 115 Å². The molecule has 1 aromatic carbocycles. The van der Waals surface area contributed by atoms with Crippen LogP contribution in [-0.4, -0.2) is 21.4 Å². The molecule has 1 aromatic heterocycles. The molecule has 6 heteroatoms. The number of nitro benzene ring substituents is 1. The first-order valence-electron chi connectivity index (χ1n) is 6.03. The Bertz CT molecular complexity index is 543. The van der Waals surface area contributed by atoms with Gasteiger partial charge in [0.05, 0.1) is 11.5 Å². The maximum atomic E-state index is 10.7. The summed E-state index contributed by atoms with van der Waals surface area (Å²) in [6.07, 6.45) is 1.79. The van der Waals surface area contributed by atoms with E-state index < -0.39 is 0 Å². The predicted octanol–water partition coefficient (Wildman–Crippen LogP) is 3.07. The van der Waals surface area contributed by atoms with Crippen molar-refractivity contribution in [3.8, 4) is 0 Å². The topological polar surface area (TPSA) is 59.3 Å². The zero-order valence-electron chi connectivity index (χ0n) is 10.7. The fourth-order valence-electron chi connectivity index (χ4n) is 1.83. The molecule has 5 nitrogen and oxygen atoms in total. The van der Waals surface area contributed by atoms with E-state index in [2.05, 4.69) is 16.8 Å². The smallest absolute Gasteiger partial charge is 0.269 e. The van der Waals surface area contributed by atoms with E-state index in [0.717, 1.165) is 23.7 Å². The first-order valence-corrected chi connectivity index (χ1v) is 6.91. The molecule has 0 aliphatic rings. The zero-order valence-corrected chi connectivity index (χ0v) is 11.5. The van der Waals surface area contributed by atoms with Crippen molar-refractivity contribution in [3.05, 3.63) is 56.5 Å². The van der Waals surface area contributed by atoms with E-state index in [4.69, 9.17) is 0 Å². The molecule has 0 fully saturated rings. The maximum Gasteiger partial charge on any atom is 0.269 e. The molecule has 2 aromatic rings. The minimum Gasteiger partial charge on any atom is -0.293 e. The summed E-state index contributed by atoms with van der Waals surface area (Å²) in [5.41, 5.74) is 1.09. The molecule has 0 atom stereocenters. The van der Waals surface area contributed by atoms with Crippen LogP contribution in [0.4, 0.5) is 5.69 Å². The number of benzene rings is 1. The van der Waals surface area contributed by atoms with E-state index >= 15 is 0 Å². The average Bonchev–Trinajstić information content (AvgIpc) is 2.91. The molecule has 0 unspecified atom stereocenters. The van der Waals surface area contributed by atoms with Gasteiger partial charge < -0.3 is 0 Å². The summed E-state index contributed by atoms with van der Waals surface area (Å²) in [6.45, 7) is 4.42. The molecule has 0 amide bonds. The van der Waals surface area contributed by atoms with E-state index in [-0.39, 0.29) is 10.6 Å². The van der Waals surface area contributed by atoms with Gasteiger partial charge in [0.25, 0.3) is 5.69 Å². The van der Waals surface area contributed by atoms with Crippen LogP contribution in [0.1, 0.15) is 17.5 Å². The number of rotatable bonds is 6. The van der Waals surface area contributed by atoms with Crippen LogP contribution in [-0.2, 0) is 13.1 Å². The Hall–Kier alpha value is -1.79. The van der Waals surface area contributed by atoms with Crippen LogP contribution in [0, 0.1) is 10.1 Å². The Morgan fingerprint density at radius 3 is 2.89 bits per heavy atom. The molecule has 0 radical (unpaired) electrons. The molecule has 19 heavy (non-hydrogen) atoms. The normalized spacial score (nSPS) is 10.8. The molecule has 0 aliphatic carbocycles. The molecule has 2 rings (SSSR count). The number of nitro groups is 1. The molecule has 0 bridgehead atoms. The minimum absolute atomic E-state index is 0.141. The quantitative estimate of drug-likeness (QED) is 0.601. The number of hydrogen-bond acceptors (Lipinski definition) is 5. The molecule has 0 N–H and O–H groups in total. The zero-order chi connectivity index (χ0) is 13.7. The lowest BCUT2D eigenvalue weighted by molar-refractivity contribution is -0.384. The predicted molar refractivity (Wildman–Crippen MR) is 75.0 cm³/mol. The summed E-state index contributed by atoms with van der Waals surface area (Å²) in [4.78, 5) is 16.9. The second kappa shape index (κ2) is 6.40. The first kappa shape index (κ1) is 13.6. The Morgan fingerprint density at radius 2 is 2.26 bits per heavy atom. The van der Waals surface area contributed by atoms with Gasteiger partial charge in [-0.1, -0.05) is 19.1 Å². The maximum absolute atomic E-state index is 10.7. The minimum atomic E-state index is -0.361. The fourth-order valence-corrected chi connectivity index (χ4v) is 2.49. The van der Waals surface area contributed by atoms with E-state index in [9.17, 15) is 10.1 Å². The third-order valence-corrected chi connectivity index (χ3v) is 3.58. The molecule has 0 saturated heterocycles. The highest BCUT2D eigenvalue weighted by Gasteiger charge is 2.10. The molecular weight excluding hydrogens is 262 g/mol. The molecular formula is C13H15N3O2S. The largest absolute Gasteiger partial charge is 0.293 e. The highest BCUT2D eigenvalue weighted by atomic mass is 32.1. The summed E-state index contributed by atoms with van der Waals surface area (Å²) in [6, 6.07) is 6.79. The summed E-state index contributed by atoms with van der Waals surface area (Å²) < 4.78 is 0. The average molecular weight is 277 g/mol. The Kier molecular flexibility index (Phi) is 4.59. The van der Waals surface area contributed by atoms with Crippen molar-refractivity contribution in [2.24, 2.45) is 0 Å². The monoisotopic (exact) mass is 277 g/mol. The van der Waals surface area contributed by atoms with Gasteiger partial charge in [-0.3, -0.25) is 15.0 Å². The lowest BCUT2D eigenvalue weighted by Crippen LogP contribution is -2.22. The number of non-ortho nitro benzene ring substituents is 1. The fraction of sp³-hybridized carbons (Fsp3) is 0.308. The van der Waals surface area contributed by atoms with Crippen LogP contribution in [0.2, 0.25) is 0 Å². The van der Waals surface area contributed by atoms with E-state index in [1.165, 1.54) is 6.07 Å². The van der Waals surface area contributed by atoms with Gasteiger partial charge in [0.2, 0.25) is 0 Å². The third-order valence-electron chi connectivity index (χ3n) is 2.82.